The molecule has 0 aliphatic carbocycles. The molecule has 7 nitrogen and oxygen atoms in total. The molecule has 1 aromatic heterocycles. The van der Waals surface area contributed by atoms with Crippen LogP contribution in [0.5, 0.6) is 0 Å². The Labute approximate surface area is 111 Å². The lowest BCUT2D eigenvalue weighted by molar-refractivity contribution is 0.600. The van der Waals surface area contributed by atoms with Crippen molar-refractivity contribution in [2.24, 2.45) is 4.99 Å². The van der Waals surface area contributed by atoms with Crippen LogP contribution in [0.1, 0.15) is 0 Å². The minimum atomic E-state index is -0.513. The van der Waals surface area contributed by atoms with E-state index in [2.05, 4.69) is 10.9 Å². The van der Waals surface area contributed by atoms with Gasteiger partial charge in [-0.2, -0.15) is 4.68 Å². The molecule has 0 unspecified atom stereocenters. The second-order valence-corrected chi connectivity index (χ2v) is 4.28. The molecule has 0 bridgehead atoms. The largest absolute Gasteiger partial charge is 0.369 e. The predicted molar refractivity (Wildman–Crippen MR) is 75.7 cm³/mol. The zero-order valence-electron chi connectivity index (χ0n) is 11.5. The van der Waals surface area contributed by atoms with E-state index in [1.165, 1.54) is 22.1 Å². The lowest BCUT2D eigenvalue weighted by Crippen LogP contribution is -2.45. The van der Waals surface area contributed by atoms with Crippen LogP contribution in [0.3, 0.4) is 0 Å². The molecular formula is C12H17N5O2. The predicted octanol–water partition coefficient (Wildman–Crippen LogP) is -0.938. The van der Waals surface area contributed by atoms with Gasteiger partial charge in [-0.05, 0) is 0 Å². The SMILES string of the molecule is C#CCn1c(=O)cc(N=CN(C)C)n(N(C)C)c1=O. The van der Waals surface area contributed by atoms with Gasteiger partial charge < -0.3 is 9.91 Å². The maximum Gasteiger partial charge on any atom is 0.352 e. The zero-order valence-corrected chi connectivity index (χ0v) is 11.5. The van der Waals surface area contributed by atoms with Crippen molar-refractivity contribution >= 4 is 12.2 Å². The van der Waals surface area contributed by atoms with E-state index in [4.69, 9.17) is 6.42 Å². The minimum Gasteiger partial charge on any atom is -0.369 e. The summed E-state index contributed by atoms with van der Waals surface area (Å²) in [6.45, 7) is -0.0663. The van der Waals surface area contributed by atoms with Crippen LogP contribution in [-0.2, 0) is 6.54 Å². The van der Waals surface area contributed by atoms with E-state index in [9.17, 15) is 9.59 Å². The molecule has 0 saturated carbocycles. The number of aromatic nitrogens is 2. The lowest BCUT2D eigenvalue weighted by atomic mass is 10.5. The number of aliphatic imine (C=N–C) groups is 1. The first-order valence-electron chi connectivity index (χ1n) is 5.57. The summed E-state index contributed by atoms with van der Waals surface area (Å²) in [5.74, 6) is 2.54. The Kier molecular flexibility index (Phi) is 4.53. The van der Waals surface area contributed by atoms with Gasteiger partial charge in [0.2, 0.25) is 0 Å². The molecular weight excluding hydrogens is 246 g/mol. The van der Waals surface area contributed by atoms with E-state index in [1.54, 1.807) is 33.1 Å². The topological polar surface area (TPSA) is 62.8 Å². The maximum absolute atomic E-state index is 12.2. The Morgan fingerprint density at radius 1 is 1.37 bits per heavy atom. The molecule has 1 rings (SSSR count). The van der Waals surface area contributed by atoms with Crippen LogP contribution in [-0.4, -0.2) is 48.7 Å². The Morgan fingerprint density at radius 2 is 2.00 bits per heavy atom. The van der Waals surface area contributed by atoms with Crippen molar-refractivity contribution in [3.05, 3.63) is 26.9 Å². The maximum atomic E-state index is 12.2. The van der Waals surface area contributed by atoms with Crippen LogP contribution in [0, 0.1) is 12.3 Å². The summed E-state index contributed by atoms with van der Waals surface area (Å²) < 4.78 is 2.26. The highest BCUT2D eigenvalue weighted by Crippen LogP contribution is 2.05. The lowest BCUT2D eigenvalue weighted by Gasteiger charge is -2.19. The van der Waals surface area contributed by atoms with Crippen LogP contribution < -0.4 is 16.3 Å². The highest BCUT2D eigenvalue weighted by Gasteiger charge is 2.11. The molecule has 0 N–H and O–H groups in total. The molecule has 7 heteroatoms. The monoisotopic (exact) mass is 263 g/mol. The summed E-state index contributed by atoms with van der Waals surface area (Å²) in [5, 5.41) is 1.54. The zero-order chi connectivity index (χ0) is 14.6. The third kappa shape index (κ3) is 3.25. The van der Waals surface area contributed by atoms with Gasteiger partial charge in [0.05, 0.1) is 12.9 Å². The normalized spacial score (nSPS) is 10.5. The van der Waals surface area contributed by atoms with Crippen molar-refractivity contribution in [3.63, 3.8) is 0 Å². The molecule has 0 aliphatic heterocycles. The van der Waals surface area contributed by atoms with Crippen LogP contribution in [0.4, 0.5) is 5.82 Å². The molecule has 0 atom stereocenters. The first-order valence-corrected chi connectivity index (χ1v) is 5.57. The first-order chi connectivity index (χ1) is 8.88. The quantitative estimate of drug-likeness (QED) is 0.400. The van der Waals surface area contributed by atoms with Crippen LogP contribution in [0.25, 0.3) is 0 Å². The molecule has 1 heterocycles. The van der Waals surface area contributed by atoms with E-state index in [0.29, 0.717) is 0 Å². The Morgan fingerprint density at radius 3 is 2.47 bits per heavy atom. The number of terminal acetylenes is 1. The van der Waals surface area contributed by atoms with Gasteiger partial charge in [-0.25, -0.2) is 14.4 Å². The molecule has 0 saturated heterocycles. The van der Waals surface area contributed by atoms with Crippen molar-refractivity contribution in [1.82, 2.24) is 14.1 Å². The molecule has 0 radical (unpaired) electrons. The van der Waals surface area contributed by atoms with Gasteiger partial charge in [-0.1, -0.05) is 5.92 Å². The highest BCUT2D eigenvalue weighted by molar-refractivity contribution is 5.59. The molecule has 102 valence electrons. The summed E-state index contributed by atoms with van der Waals surface area (Å²) in [4.78, 5) is 29.8. The highest BCUT2D eigenvalue weighted by atomic mass is 16.2. The van der Waals surface area contributed by atoms with Crippen LogP contribution in [0.15, 0.2) is 20.6 Å². The molecule has 19 heavy (non-hydrogen) atoms. The van der Waals surface area contributed by atoms with Crippen LogP contribution in [0.2, 0.25) is 0 Å². The van der Waals surface area contributed by atoms with Crippen molar-refractivity contribution in [2.75, 3.05) is 33.2 Å². The van der Waals surface area contributed by atoms with E-state index in [0.717, 1.165) is 4.57 Å². The minimum absolute atomic E-state index is 0.0663. The molecule has 0 aliphatic rings. The number of hydrogen-bond donors (Lipinski definition) is 0. The average Bonchev–Trinajstić information content (AvgIpc) is 2.30. The van der Waals surface area contributed by atoms with Crippen LogP contribution >= 0.6 is 0 Å². The third-order valence-corrected chi connectivity index (χ3v) is 2.22. The fourth-order valence-electron chi connectivity index (χ4n) is 1.44. The summed E-state index contributed by atoms with van der Waals surface area (Å²) in [7, 11) is 6.95. The number of hydrogen-bond acceptors (Lipinski definition) is 4. The number of rotatable bonds is 4. The molecule has 0 spiro atoms. The second kappa shape index (κ2) is 5.91. The summed E-state index contributed by atoms with van der Waals surface area (Å²) in [5.41, 5.74) is -0.978. The van der Waals surface area contributed by atoms with E-state index in [-0.39, 0.29) is 12.4 Å². The Hall–Kier alpha value is -2.49. The second-order valence-electron chi connectivity index (χ2n) is 4.28. The molecule has 1 aromatic rings. The van der Waals surface area contributed by atoms with Gasteiger partial charge in [0.15, 0.2) is 5.82 Å². The van der Waals surface area contributed by atoms with Crippen molar-refractivity contribution < 1.29 is 0 Å². The average molecular weight is 263 g/mol. The van der Waals surface area contributed by atoms with Gasteiger partial charge in [0.25, 0.3) is 5.56 Å². The summed E-state index contributed by atoms with van der Waals surface area (Å²) in [6, 6.07) is 1.28. The summed E-state index contributed by atoms with van der Waals surface area (Å²) in [6.07, 6.45) is 6.67. The standard InChI is InChI=1S/C12H17N5O2/c1-6-7-16-11(18)8-10(13-9-14(2)3)17(12(16)19)15(4)5/h1,8-9H,7H2,2-5H3. The number of nitrogens with zero attached hydrogens (tertiary/aromatic N) is 5. The molecule has 0 amide bonds. The molecule has 0 aromatic carbocycles. The fourth-order valence-corrected chi connectivity index (χ4v) is 1.44. The van der Waals surface area contributed by atoms with Crippen molar-refractivity contribution in [3.8, 4) is 12.3 Å². The van der Waals surface area contributed by atoms with Gasteiger partial charge in [0.1, 0.15) is 0 Å². The fraction of sp³-hybridized carbons (Fsp3) is 0.417. The van der Waals surface area contributed by atoms with E-state index in [1.807, 2.05) is 0 Å². The molecule has 0 fully saturated rings. The van der Waals surface area contributed by atoms with Gasteiger partial charge >= 0.3 is 5.69 Å². The van der Waals surface area contributed by atoms with Gasteiger partial charge in [0, 0.05) is 34.3 Å². The van der Waals surface area contributed by atoms with E-state index < -0.39 is 11.2 Å². The van der Waals surface area contributed by atoms with Gasteiger partial charge in [-0.3, -0.25) is 4.79 Å². The van der Waals surface area contributed by atoms with Crippen molar-refractivity contribution in [2.45, 2.75) is 6.54 Å². The Balaban J connectivity index is 3.54. The van der Waals surface area contributed by atoms with Crippen molar-refractivity contribution in [1.29, 1.82) is 0 Å². The smallest absolute Gasteiger partial charge is 0.352 e. The van der Waals surface area contributed by atoms with Gasteiger partial charge in [-0.15, -0.1) is 6.42 Å². The first kappa shape index (κ1) is 14.6. The van der Waals surface area contributed by atoms with E-state index >= 15 is 0 Å². The third-order valence-electron chi connectivity index (χ3n) is 2.22. The Bertz CT molecular complexity index is 631. The summed E-state index contributed by atoms with van der Waals surface area (Å²) >= 11 is 0.